The van der Waals surface area contributed by atoms with E-state index in [0.717, 1.165) is 0 Å². The van der Waals surface area contributed by atoms with E-state index in [1.807, 2.05) is 4.90 Å². The summed E-state index contributed by atoms with van der Waals surface area (Å²) >= 11 is 12.2. The zero-order valence-electron chi connectivity index (χ0n) is 13.3. The fourth-order valence-corrected chi connectivity index (χ4v) is 3.08. The standard InChI is InChI=1S/C17H16Cl2N4O2/c18-13-2-1-3-14(19)12(13)8-16(24)22-11-4-5-15(21-9-11)23-7-6-20-17(25)10-23/h1-5,9H,6-8,10H2,(H,20,25)(H,22,24). The van der Waals surface area contributed by atoms with Gasteiger partial charge in [-0.15, -0.1) is 0 Å². The fourth-order valence-electron chi connectivity index (χ4n) is 2.55. The molecule has 2 heterocycles. The summed E-state index contributed by atoms with van der Waals surface area (Å²) in [7, 11) is 0. The smallest absolute Gasteiger partial charge is 0.239 e. The normalized spacial score (nSPS) is 14.2. The van der Waals surface area contributed by atoms with Crippen molar-refractivity contribution < 1.29 is 9.59 Å². The van der Waals surface area contributed by atoms with E-state index < -0.39 is 0 Å². The van der Waals surface area contributed by atoms with Crippen LogP contribution in [0.4, 0.5) is 11.5 Å². The van der Waals surface area contributed by atoms with Crippen molar-refractivity contribution in [3.05, 3.63) is 52.1 Å². The lowest BCUT2D eigenvalue weighted by atomic mass is 10.1. The van der Waals surface area contributed by atoms with Crippen LogP contribution >= 0.6 is 23.2 Å². The van der Waals surface area contributed by atoms with Crippen LogP contribution in [0, 0.1) is 0 Å². The predicted octanol–water partition coefficient (Wildman–Crippen LogP) is 2.51. The molecular weight excluding hydrogens is 363 g/mol. The molecule has 2 amide bonds. The Morgan fingerprint density at radius 3 is 2.64 bits per heavy atom. The molecule has 2 N–H and O–H groups in total. The van der Waals surface area contributed by atoms with E-state index in [4.69, 9.17) is 23.2 Å². The first kappa shape index (κ1) is 17.5. The van der Waals surface area contributed by atoms with E-state index in [1.54, 1.807) is 36.5 Å². The minimum Gasteiger partial charge on any atom is -0.353 e. The number of halogens is 2. The van der Waals surface area contributed by atoms with Gasteiger partial charge in [0.2, 0.25) is 11.8 Å². The third-order valence-corrected chi connectivity index (χ3v) is 4.50. The average molecular weight is 379 g/mol. The molecule has 1 aromatic carbocycles. The summed E-state index contributed by atoms with van der Waals surface area (Å²) in [5, 5.41) is 6.45. The quantitative estimate of drug-likeness (QED) is 0.856. The summed E-state index contributed by atoms with van der Waals surface area (Å²) in [6.45, 7) is 1.58. The molecule has 2 aromatic rings. The van der Waals surface area contributed by atoms with Crippen LogP contribution in [0.5, 0.6) is 0 Å². The highest BCUT2D eigenvalue weighted by Gasteiger charge is 2.17. The van der Waals surface area contributed by atoms with Gasteiger partial charge in [-0.25, -0.2) is 4.98 Å². The van der Waals surface area contributed by atoms with Gasteiger partial charge in [0, 0.05) is 23.1 Å². The average Bonchev–Trinajstić information content (AvgIpc) is 2.59. The van der Waals surface area contributed by atoms with Crippen LogP contribution in [0.15, 0.2) is 36.5 Å². The number of amides is 2. The number of carbonyl (C=O) groups is 2. The highest BCUT2D eigenvalue weighted by atomic mass is 35.5. The second kappa shape index (κ2) is 7.72. The Kier molecular flexibility index (Phi) is 5.40. The van der Waals surface area contributed by atoms with Crippen molar-refractivity contribution >= 4 is 46.5 Å². The molecule has 130 valence electrons. The largest absolute Gasteiger partial charge is 0.353 e. The van der Waals surface area contributed by atoms with Crippen LogP contribution in [0.2, 0.25) is 10.0 Å². The third-order valence-electron chi connectivity index (χ3n) is 3.79. The van der Waals surface area contributed by atoms with Crippen molar-refractivity contribution in [3.8, 4) is 0 Å². The second-order valence-electron chi connectivity index (χ2n) is 5.60. The second-order valence-corrected chi connectivity index (χ2v) is 6.42. The SMILES string of the molecule is O=C1CN(c2ccc(NC(=O)Cc3c(Cl)cccc3Cl)cn2)CCN1. The number of aromatic nitrogens is 1. The molecule has 1 aromatic heterocycles. The molecule has 0 aliphatic carbocycles. The number of benzene rings is 1. The number of nitrogens with zero attached hydrogens (tertiary/aromatic N) is 2. The molecule has 0 bridgehead atoms. The summed E-state index contributed by atoms with van der Waals surface area (Å²) in [6, 6.07) is 8.65. The molecule has 3 rings (SSSR count). The minimum atomic E-state index is -0.234. The van der Waals surface area contributed by atoms with Gasteiger partial charge in [-0.3, -0.25) is 9.59 Å². The van der Waals surface area contributed by atoms with Gasteiger partial charge in [-0.05, 0) is 29.8 Å². The summed E-state index contributed by atoms with van der Waals surface area (Å²) < 4.78 is 0. The molecule has 1 aliphatic rings. The number of nitrogens with one attached hydrogen (secondary N) is 2. The van der Waals surface area contributed by atoms with Gasteiger partial charge >= 0.3 is 0 Å². The maximum Gasteiger partial charge on any atom is 0.239 e. The van der Waals surface area contributed by atoms with E-state index in [2.05, 4.69) is 15.6 Å². The van der Waals surface area contributed by atoms with E-state index >= 15 is 0 Å². The molecule has 0 radical (unpaired) electrons. The number of piperazine rings is 1. The number of anilines is 2. The van der Waals surface area contributed by atoms with Gasteiger partial charge in [0.1, 0.15) is 5.82 Å². The van der Waals surface area contributed by atoms with Crippen molar-refractivity contribution in [2.45, 2.75) is 6.42 Å². The molecule has 1 saturated heterocycles. The lowest BCUT2D eigenvalue weighted by Gasteiger charge is -2.27. The molecule has 0 saturated carbocycles. The molecule has 0 unspecified atom stereocenters. The van der Waals surface area contributed by atoms with E-state index in [0.29, 0.717) is 40.2 Å². The maximum absolute atomic E-state index is 12.2. The summed E-state index contributed by atoms with van der Waals surface area (Å²) in [6.07, 6.45) is 1.64. The third kappa shape index (κ3) is 4.41. The van der Waals surface area contributed by atoms with Crippen LogP contribution in [0.1, 0.15) is 5.56 Å². The van der Waals surface area contributed by atoms with Gasteiger partial charge in [-0.2, -0.15) is 0 Å². The van der Waals surface area contributed by atoms with Gasteiger partial charge in [0.15, 0.2) is 0 Å². The Labute approximate surface area is 155 Å². The number of rotatable bonds is 4. The Morgan fingerprint density at radius 1 is 1.24 bits per heavy atom. The van der Waals surface area contributed by atoms with Gasteiger partial charge < -0.3 is 15.5 Å². The predicted molar refractivity (Wildman–Crippen MR) is 98.3 cm³/mol. The highest BCUT2D eigenvalue weighted by Crippen LogP contribution is 2.25. The summed E-state index contributed by atoms with van der Waals surface area (Å²) in [5.74, 6) is 0.436. The summed E-state index contributed by atoms with van der Waals surface area (Å²) in [5.41, 5.74) is 1.16. The Hall–Kier alpha value is -2.31. The van der Waals surface area contributed by atoms with Crippen LogP contribution in [0.25, 0.3) is 0 Å². The van der Waals surface area contributed by atoms with Gasteiger partial charge in [0.25, 0.3) is 0 Å². The van der Waals surface area contributed by atoms with Crippen molar-refractivity contribution in [2.75, 3.05) is 29.9 Å². The molecule has 25 heavy (non-hydrogen) atoms. The topological polar surface area (TPSA) is 74.3 Å². The van der Waals surface area contributed by atoms with Crippen LogP contribution in [-0.4, -0.2) is 36.4 Å². The number of hydrogen-bond acceptors (Lipinski definition) is 4. The molecule has 8 heteroatoms. The monoisotopic (exact) mass is 378 g/mol. The number of pyridine rings is 1. The van der Waals surface area contributed by atoms with Crippen LogP contribution in [0.3, 0.4) is 0 Å². The first-order valence-electron chi connectivity index (χ1n) is 7.73. The Bertz CT molecular complexity index is 775. The molecule has 0 spiro atoms. The lowest BCUT2D eigenvalue weighted by molar-refractivity contribution is -0.120. The fraction of sp³-hybridized carbons (Fsp3) is 0.235. The maximum atomic E-state index is 12.2. The molecule has 6 nitrogen and oxygen atoms in total. The first-order valence-corrected chi connectivity index (χ1v) is 8.49. The van der Waals surface area contributed by atoms with Crippen molar-refractivity contribution in [2.24, 2.45) is 0 Å². The zero-order valence-corrected chi connectivity index (χ0v) is 14.8. The van der Waals surface area contributed by atoms with Crippen molar-refractivity contribution in [1.82, 2.24) is 10.3 Å². The summed E-state index contributed by atoms with van der Waals surface area (Å²) in [4.78, 5) is 29.8. The highest BCUT2D eigenvalue weighted by molar-refractivity contribution is 6.36. The van der Waals surface area contributed by atoms with E-state index in [-0.39, 0.29) is 24.8 Å². The molecule has 1 fully saturated rings. The molecule has 1 aliphatic heterocycles. The van der Waals surface area contributed by atoms with E-state index in [9.17, 15) is 9.59 Å². The van der Waals surface area contributed by atoms with E-state index in [1.165, 1.54) is 0 Å². The zero-order chi connectivity index (χ0) is 17.8. The Balaban J connectivity index is 1.63. The van der Waals surface area contributed by atoms with Crippen LogP contribution in [-0.2, 0) is 16.0 Å². The minimum absolute atomic E-state index is 0.0259. The molecule has 0 atom stereocenters. The number of carbonyl (C=O) groups excluding carboxylic acids is 2. The van der Waals surface area contributed by atoms with Crippen molar-refractivity contribution in [1.29, 1.82) is 0 Å². The number of hydrogen-bond donors (Lipinski definition) is 2. The Morgan fingerprint density at radius 2 is 2.00 bits per heavy atom. The van der Waals surface area contributed by atoms with Gasteiger partial charge in [0.05, 0.1) is 24.8 Å². The van der Waals surface area contributed by atoms with Gasteiger partial charge in [-0.1, -0.05) is 29.3 Å². The van der Waals surface area contributed by atoms with Crippen LogP contribution < -0.4 is 15.5 Å². The molecular formula is C17H16Cl2N4O2. The van der Waals surface area contributed by atoms with Crippen molar-refractivity contribution in [3.63, 3.8) is 0 Å². The lowest BCUT2D eigenvalue weighted by Crippen LogP contribution is -2.48. The first-order chi connectivity index (χ1) is 12.0.